The molecule has 0 unspecified atom stereocenters. The normalized spacial score (nSPS) is 11.8. The summed E-state index contributed by atoms with van der Waals surface area (Å²) in [6.07, 6.45) is 1.60. The number of halogens is 8. The zero-order valence-electron chi connectivity index (χ0n) is 23.7. The number of ether oxygens (including phenoxy) is 1. The first-order chi connectivity index (χ1) is 21.5. The number of alkyl halides is 2. The fourth-order valence-corrected chi connectivity index (χ4v) is 4.83. The Hall–Kier alpha value is -4.92. The molecule has 0 aliphatic rings. The summed E-state index contributed by atoms with van der Waals surface area (Å²) in [6.45, 7) is 1.89. The predicted octanol–water partition coefficient (Wildman–Crippen LogP) is 11.2. The molecule has 45 heavy (non-hydrogen) atoms. The van der Waals surface area contributed by atoms with Gasteiger partial charge in [-0.2, -0.15) is 8.78 Å². The lowest BCUT2D eigenvalue weighted by molar-refractivity contribution is -0.185. The van der Waals surface area contributed by atoms with E-state index in [2.05, 4.69) is 0 Å². The van der Waals surface area contributed by atoms with E-state index in [0.29, 0.717) is 18.6 Å². The van der Waals surface area contributed by atoms with Crippen LogP contribution in [0.15, 0.2) is 103 Å². The lowest BCUT2D eigenvalue weighted by Crippen LogP contribution is -2.22. The van der Waals surface area contributed by atoms with Gasteiger partial charge in [-0.3, -0.25) is 0 Å². The molecule has 0 heterocycles. The maximum absolute atomic E-state index is 15.2. The van der Waals surface area contributed by atoms with Gasteiger partial charge in [-0.05, 0) is 90.6 Å². The monoisotopic (exact) mass is 624 g/mol. The van der Waals surface area contributed by atoms with Gasteiger partial charge in [0, 0.05) is 22.8 Å². The van der Waals surface area contributed by atoms with Crippen molar-refractivity contribution in [3.63, 3.8) is 0 Å². The fraction of sp³-hybridized carbons (Fsp3) is 0.111. The quantitative estimate of drug-likeness (QED) is 0.0901. The van der Waals surface area contributed by atoms with Crippen molar-refractivity contribution in [1.29, 1.82) is 0 Å². The third kappa shape index (κ3) is 6.93. The standard InChI is InChI=1S/C36H24F8O/c1-2-3-4-5-21-6-10-25(11-7-21)36(43,44)45-26-12-15-28(32(39)20-26)23-8-13-27(30(37)16-23)22-9-14-29(31(38)17-22)24-18-33(40)35(42)34(41)19-24/h2-3,6-20H,4-5H2,1H3/b3-2+. The van der Waals surface area contributed by atoms with E-state index < -0.39 is 52.3 Å². The molecular formula is C36H24F8O. The minimum Gasteiger partial charge on any atom is -0.429 e. The summed E-state index contributed by atoms with van der Waals surface area (Å²) in [7, 11) is 0. The van der Waals surface area contributed by atoms with Gasteiger partial charge in [0.1, 0.15) is 23.2 Å². The molecule has 0 bridgehead atoms. The summed E-state index contributed by atoms with van der Waals surface area (Å²) in [4.78, 5) is 0. The summed E-state index contributed by atoms with van der Waals surface area (Å²) >= 11 is 0. The molecular weight excluding hydrogens is 600 g/mol. The van der Waals surface area contributed by atoms with Crippen LogP contribution in [0.2, 0.25) is 0 Å². The second kappa shape index (κ2) is 13.0. The Morgan fingerprint density at radius 1 is 0.578 bits per heavy atom. The van der Waals surface area contributed by atoms with Crippen LogP contribution in [0.25, 0.3) is 33.4 Å². The summed E-state index contributed by atoms with van der Waals surface area (Å²) < 4.78 is 120. The van der Waals surface area contributed by atoms with E-state index in [4.69, 9.17) is 4.74 Å². The van der Waals surface area contributed by atoms with Crippen LogP contribution in [0.3, 0.4) is 0 Å². The van der Waals surface area contributed by atoms with Crippen molar-refractivity contribution in [3.05, 3.63) is 149 Å². The fourth-order valence-electron chi connectivity index (χ4n) is 4.83. The molecule has 0 aliphatic carbocycles. The first-order valence-electron chi connectivity index (χ1n) is 13.8. The molecule has 9 heteroatoms. The third-order valence-corrected chi connectivity index (χ3v) is 7.17. The maximum atomic E-state index is 15.2. The minimum absolute atomic E-state index is 0.0616. The summed E-state index contributed by atoms with van der Waals surface area (Å²) in [5.41, 5.74) is -0.0172. The Kier molecular flexibility index (Phi) is 9.09. The van der Waals surface area contributed by atoms with Gasteiger partial charge in [0.05, 0.1) is 5.56 Å². The molecule has 0 amide bonds. The van der Waals surface area contributed by atoms with Gasteiger partial charge < -0.3 is 4.74 Å². The van der Waals surface area contributed by atoms with Gasteiger partial charge in [-0.25, -0.2) is 26.3 Å². The van der Waals surface area contributed by atoms with Gasteiger partial charge in [-0.1, -0.05) is 48.6 Å². The maximum Gasteiger partial charge on any atom is 0.426 e. The van der Waals surface area contributed by atoms with Crippen molar-refractivity contribution in [1.82, 2.24) is 0 Å². The summed E-state index contributed by atoms with van der Waals surface area (Å²) in [5, 5.41) is 0. The topological polar surface area (TPSA) is 9.23 Å². The van der Waals surface area contributed by atoms with E-state index in [9.17, 15) is 26.3 Å². The number of rotatable bonds is 9. The van der Waals surface area contributed by atoms with Crippen molar-refractivity contribution in [2.75, 3.05) is 0 Å². The largest absolute Gasteiger partial charge is 0.429 e. The van der Waals surface area contributed by atoms with Gasteiger partial charge >= 0.3 is 6.11 Å². The second-order valence-electron chi connectivity index (χ2n) is 10.2. The first kappa shape index (κ1) is 31.5. The SMILES string of the molecule is C/C=C/CCc1ccc(C(F)(F)Oc2ccc(-c3ccc(-c4ccc(-c5cc(F)c(F)c(F)c5)c(F)c4)c(F)c3)c(F)c2)cc1. The Labute approximate surface area is 254 Å². The molecule has 0 spiro atoms. The average molecular weight is 625 g/mol. The number of hydrogen-bond acceptors (Lipinski definition) is 1. The van der Waals surface area contributed by atoms with Crippen molar-refractivity contribution in [3.8, 4) is 39.1 Å². The number of benzene rings is 5. The Balaban J connectivity index is 1.33. The van der Waals surface area contributed by atoms with Gasteiger partial charge in [0.15, 0.2) is 17.5 Å². The van der Waals surface area contributed by atoms with Crippen molar-refractivity contribution in [2.24, 2.45) is 0 Å². The number of aryl methyl sites for hydroxylation is 1. The van der Waals surface area contributed by atoms with E-state index in [1.54, 1.807) is 12.1 Å². The van der Waals surface area contributed by atoms with Crippen LogP contribution in [0.1, 0.15) is 24.5 Å². The summed E-state index contributed by atoms with van der Waals surface area (Å²) in [6, 6.07) is 17.1. The molecule has 230 valence electrons. The minimum atomic E-state index is -3.74. The molecule has 0 saturated carbocycles. The van der Waals surface area contributed by atoms with Gasteiger partial charge in [-0.15, -0.1) is 0 Å². The molecule has 0 saturated heterocycles. The van der Waals surface area contributed by atoms with E-state index >= 15 is 8.78 Å². The highest BCUT2D eigenvalue weighted by molar-refractivity contribution is 5.74. The lowest BCUT2D eigenvalue weighted by Gasteiger charge is -2.19. The van der Waals surface area contributed by atoms with E-state index in [0.717, 1.165) is 42.3 Å². The Morgan fingerprint density at radius 3 is 1.58 bits per heavy atom. The smallest absolute Gasteiger partial charge is 0.426 e. The molecule has 5 aromatic carbocycles. The third-order valence-electron chi connectivity index (χ3n) is 7.17. The average Bonchev–Trinajstić information content (AvgIpc) is 3.00. The zero-order chi connectivity index (χ0) is 32.3. The highest BCUT2D eigenvalue weighted by Gasteiger charge is 2.34. The molecule has 0 aromatic heterocycles. The summed E-state index contributed by atoms with van der Waals surface area (Å²) in [5.74, 6) is -7.84. The van der Waals surface area contributed by atoms with Crippen LogP contribution in [-0.2, 0) is 12.5 Å². The lowest BCUT2D eigenvalue weighted by atomic mass is 9.96. The van der Waals surface area contributed by atoms with E-state index in [1.807, 2.05) is 19.1 Å². The van der Waals surface area contributed by atoms with Crippen LogP contribution in [0.4, 0.5) is 35.1 Å². The second-order valence-corrected chi connectivity index (χ2v) is 10.2. The van der Waals surface area contributed by atoms with Gasteiger partial charge in [0.25, 0.3) is 0 Å². The number of hydrogen-bond donors (Lipinski definition) is 0. The molecule has 0 fully saturated rings. The van der Waals surface area contributed by atoms with E-state index in [-0.39, 0.29) is 33.4 Å². The first-order valence-corrected chi connectivity index (χ1v) is 13.8. The Bertz CT molecular complexity index is 1860. The molecule has 0 aliphatic heterocycles. The van der Waals surface area contributed by atoms with Gasteiger partial charge in [0.2, 0.25) is 0 Å². The molecule has 5 aromatic rings. The van der Waals surface area contributed by atoms with Crippen molar-refractivity contribution >= 4 is 0 Å². The van der Waals surface area contributed by atoms with Crippen LogP contribution in [-0.4, -0.2) is 0 Å². The number of allylic oxidation sites excluding steroid dienone is 2. The molecule has 1 nitrogen and oxygen atoms in total. The van der Waals surface area contributed by atoms with Crippen LogP contribution < -0.4 is 4.74 Å². The highest BCUT2D eigenvalue weighted by Crippen LogP contribution is 2.36. The molecule has 0 atom stereocenters. The van der Waals surface area contributed by atoms with Crippen LogP contribution in [0.5, 0.6) is 5.75 Å². The predicted molar refractivity (Wildman–Crippen MR) is 157 cm³/mol. The highest BCUT2D eigenvalue weighted by atomic mass is 19.3. The van der Waals surface area contributed by atoms with Crippen LogP contribution >= 0.6 is 0 Å². The molecule has 0 radical (unpaired) electrons. The zero-order valence-corrected chi connectivity index (χ0v) is 23.7. The Morgan fingerprint density at radius 2 is 1.07 bits per heavy atom. The van der Waals surface area contributed by atoms with E-state index in [1.165, 1.54) is 36.4 Å². The molecule has 0 N–H and O–H groups in total. The van der Waals surface area contributed by atoms with Crippen LogP contribution in [0, 0.1) is 34.9 Å². The van der Waals surface area contributed by atoms with Crippen molar-refractivity contribution < 1.29 is 39.9 Å². The molecule has 5 rings (SSSR count). The van der Waals surface area contributed by atoms with Crippen molar-refractivity contribution in [2.45, 2.75) is 25.9 Å².